The van der Waals surface area contributed by atoms with Crippen LogP contribution in [0.4, 0.5) is 0 Å². The number of hydrogen-bond donors (Lipinski definition) is 1. The van der Waals surface area contributed by atoms with Gasteiger partial charge in [0.2, 0.25) is 0 Å². The number of nitrogens with zero attached hydrogens (tertiary/aromatic N) is 1. The molecule has 0 aromatic heterocycles. The summed E-state index contributed by atoms with van der Waals surface area (Å²) in [6, 6.07) is 5.37. The molecule has 0 amide bonds. The van der Waals surface area contributed by atoms with E-state index in [2.05, 4.69) is 18.7 Å². The summed E-state index contributed by atoms with van der Waals surface area (Å²) < 4.78 is 0. The third-order valence-electron chi connectivity index (χ3n) is 4.23. The Morgan fingerprint density at radius 1 is 1.16 bits per heavy atom. The van der Waals surface area contributed by atoms with Gasteiger partial charge in [0.25, 0.3) is 0 Å². The summed E-state index contributed by atoms with van der Waals surface area (Å²) in [6.07, 6.45) is 3.82. The summed E-state index contributed by atoms with van der Waals surface area (Å²) in [4.78, 5) is 2.47. The van der Waals surface area contributed by atoms with Crippen LogP contribution in [0.25, 0.3) is 0 Å². The van der Waals surface area contributed by atoms with Crippen LogP contribution in [-0.4, -0.2) is 23.5 Å². The SMILES string of the molecule is CC(C)(C(N)c1cc(Cl)ccc1Cl)N1CCCCC1. The van der Waals surface area contributed by atoms with Crippen molar-refractivity contribution < 1.29 is 0 Å². The van der Waals surface area contributed by atoms with Crippen molar-refractivity contribution in [2.45, 2.75) is 44.7 Å². The average molecular weight is 301 g/mol. The fourth-order valence-electron chi connectivity index (χ4n) is 2.80. The summed E-state index contributed by atoms with van der Waals surface area (Å²) in [7, 11) is 0. The molecule has 2 nitrogen and oxygen atoms in total. The Bertz CT molecular complexity index is 440. The minimum absolute atomic E-state index is 0.116. The van der Waals surface area contributed by atoms with Gasteiger partial charge in [-0.25, -0.2) is 0 Å². The van der Waals surface area contributed by atoms with Gasteiger partial charge in [-0.1, -0.05) is 29.6 Å². The first-order chi connectivity index (χ1) is 8.93. The molecular weight excluding hydrogens is 279 g/mol. The molecule has 106 valence electrons. The molecule has 1 heterocycles. The van der Waals surface area contributed by atoms with Gasteiger partial charge in [-0.05, 0) is 63.5 Å². The molecule has 19 heavy (non-hydrogen) atoms. The van der Waals surface area contributed by atoms with Crippen LogP contribution in [0.2, 0.25) is 10.0 Å². The Hall–Kier alpha value is -0.280. The van der Waals surface area contributed by atoms with Crippen molar-refractivity contribution in [3.05, 3.63) is 33.8 Å². The molecule has 1 aromatic carbocycles. The molecule has 0 radical (unpaired) electrons. The Balaban J connectivity index is 2.25. The van der Waals surface area contributed by atoms with Crippen molar-refractivity contribution in [1.29, 1.82) is 0 Å². The maximum absolute atomic E-state index is 6.49. The maximum Gasteiger partial charge on any atom is 0.0492 e. The normalized spacial score (nSPS) is 19.4. The van der Waals surface area contributed by atoms with Gasteiger partial charge in [0, 0.05) is 21.6 Å². The molecule has 1 fully saturated rings. The molecule has 0 aliphatic carbocycles. The standard InChI is InChI=1S/C15H22Cl2N2/c1-15(2,19-8-4-3-5-9-19)14(18)12-10-11(16)6-7-13(12)17/h6-7,10,14H,3-5,8-9,18H2,1-2H3. The van der Waals surface area contributed by atoms with Gasteiger partial charge in [0.15, 0.2) is 0 Å². The molecular formula is C15H22Cl2N2. The first kappa shape index (κ1) is 15.1. The van der Waals surface area contributed by atoms with Crippen molar-refractivity contribution in [2.24, 2.45) is 5.73 Å². The van der Waals surface area contributed by atoms with E-state index in [9.17, 15) is 0 Å². The van der Waals surface area contributed by atoms with E-state index >= 15 is 0 Å². The number of nitrogens with two attached hydrogens (primary N) is 1. The molecule has 2 rings (SSSR count). The van der Waals surface area contributed by atoms with Gasteiger partial charge in [-0.2, -0.15) is 0 Å². The molecule has 4 heteroatoms. The van der Waals surface area contributed by atoms with Gasteiger partial charge in [0.1, 0.15) is 0 Å². The first-order valence-electron chi connectivity index (χ1n) is 6.88. The Kier molecular flexibility index (Phi) is 4.78. The van der Waals surface area contributed by atoms with E-state index in [1.807, 2.05) is 12.1 Å². The third kappa shape index (κ3) is 3.25. The largest absolute Gasteiger partial charge is 0.322 e. The zero-order chi connectivity index (χ0) is 14.0. The lowest BCUT2D eigenvalue weighted by molar-refractivity contribution is 0.0730. The predicted octanol–water partition coefficient (Wildman–Crippen LogP) is 4.26. The third-order valence-corrected chi connectivity index (χ3v) is 4.80. The highest BCUT2D eigenvalue weighted by Crippen LogP contribution is 2.35. The minimum Gasteiger partial charge on any atom is -0.322 e. The predicted molar refractivity (Wildman–Crippen MR) is 82.9 cm³/mol. The van der Waals surface area contributed by atoms with E-state index in [-0.39, 0.29) is 11.6 Å². The summed E-state index contributed by atoms with van der Waals surface area (Å²) >= 11 is 12.3. The molecule has 0 saturated carbocycles. The van der Waals surface area contributed by atoms with Crippen LogP contribution >= 0.6 is 23.2 Å². The van der Waals surface area contributed by atoms with E-state index in [0.29, 0.717) is 10.0 Å². The first-order valence-corrected chi connectivity index (χ1v) is 7.64. The molecule has 1 aliphatic heterocycles. The fraction of sp³-hybridized carbons (Fsp3) is 0.600. The zero-order valence-electron chi connectivity index (χ0n) is 11.6. The smallest absolute Gasteiger partial charge is 0.0492 e. The van der Waals surface area contributed by atoms with Crippen molar-refractivity contribution in [3.63, 3.8) is 0 Å². The average Bonchev–Trinajstić information content (AvgIpc) is 2.41. The Morgan fingerprint density at radius 2 is 1.79 bits per heavy atom. The van der Waals surface area contributed by atoms with Crippen molar-refractivity contribution >= 4 is 23.2 Å². The summed E-state index contributed by atoms with van der Waals surface area (Å²) in [5.74, 6) is 0. The number of piperidine rings is 1. The van der Waals surface area contributed by atoms with E-state index in [1.54, 1.807) is 6.07 Å². The number of benzene rings is 1. The monoisotopic (exact) mass is 300 g/mol. The van der Waals surface area contributed by atoms with Gasteiger partial charge in [0.05, 0.1) is 0 Å². The van der Waals surface area contributed by atoms with Gasteiger partial charge >= 0.3 is 0 Å². The Morgan fingerprint density at radius 3 is 2.42 bits per heavy atom. The molecule has 2 N–H and O–H groups in total. The van der Waals surface area contributed by atoms with Crippen molar-refractivity contribution in [3.8, 4) is 0 Å². The summed E-state index contributed by atoms with van der Waals surface area (Å²) in [6.45, 7) is 6.61. The van der Waals surface area contributed by atoms with Crippen LogP contribution in [0.5, 0.6) is 0 Å². The number of rotatable bonds is 3. The Labute approximate surface area is 125 Å². The molecule has 1 unspecified atom stereocenters. The highest BCUT2D eigenvalue weighted by molar-refractivity contribution is 6.33. The molecule has 1 aliphatic rings. The summed E-state index contributed by atoms with van der Waals surface area (Å²) in [5.41, 5.74) is 7.31. The van der Waals surface area contributed by atoms with Crippen LogP contribution in [0.15, 0.2) is 18.2 Å². The molecule has 0 spiro atoms. The highest BCUT2D eigenvalue weighted by Gasteiger charge is 2.35. The van der Waals surface area contributed by atoms with E-state index in [0.717, 1.165) is 18.7 Å². The molecule has 1 saturated heterocycles. The topological polar surface area (TPSA) is 29.3 Å². The van der Waals surface area contributed by atoms with Crippen molar-refractivity contribution in [1.82, 2.24) is 4.90 Å². The van der Waals surface area contributed by atoms with Gasteiger partial charge in [-0.3, -0.25) is 4.90 Å². The van der Waals surface area contributed by atoms with E-state index in [4.69, 9.17) is 28.9 Å². The number of likely N-dealkylation sites (tertiary alicyclic amines) is 1. The minimum atomic E-state index is -0.142. The highest BCUT2D eigenvalue weighted by atomic mass is 35.5. The van der Waals surface area contributed by atoms with Crippen LogP contribution in [0.3, 0.4) is 0 Å². The van der Waals surface area contributed by atoms with E-state index in [1.165, 1.54) is 19.3 Å². The molecule has 1 atom stereocenters. The zero-order valence-corrected chi connectivity index (χ0v) is 13.1. The quantitative estimate of drug-likeness (QED) is 0.904. The lowest BCUT2D eigenvalue weighted by atomic mass is 9.86. The van der Waals surface area contributed by atoms with Crippen LogP contribution < -0.4 is 5.73 Å². The van der Waals surface area contributed by atoms with Gasteiger partial charge in [-0.15, -0.1) is 0 Å². The second-order valence-electron chi connectivity index (χ2n) is 5.84. The molecule has 1 aromatic rings. The second-order valence-corrected chi connectivity index (χ2v) is 6.69. The fourth-order valence-corrected chi connectivity index (χ4v) is 3.22. The summed E-state index contributed by atoms with van der Waals surface area (Å²) in [5, 5.41) is 1.38. The van der Waals surface area contributed by atoms with Crippen LogP contribution in [0.1, 0.15) is 44.7 Å². The lowest BCUT2D eigenvalue weighted by Crippen LogP contribution is -2.53. The van der Waals surface area contributed by atoms with Crippen LogP contribution in [0, 0.1) is 0 Å². The number of halogens is 2. The lowest BCUT2D eigenvalue weighted by Gasteiger charge is -2.45. The van der Waals surface area contributed by atoms with Crippen molar-refractivity contribution in [2.75, 3.05) is 13.1 Å². The number of hydrogen-bond acceptors (Lipinski definition) is 2. The maximum atomic E-state index is 6.49. The van der Waals surface area contributed by atoms with Gasteiger partial charge < -0.3 is 5.73 Å². The second kappa shape index (κ2) is 6.01. The van der Waals surface area contributed by atoms with E-state index < -0.39 is 0 Å². The van der Waals surface area contributed by atoms with Crippen LogP contribution in [-0.2, 0) is 0 Å². The molecule has 0 bridgehead atoms.